The van der Waals surface area contributed by atoms with Crippen LogP contribution in [-0.2, 0) is 6.54 Å². The van der Waals surface area contributed by atoms with E-state index in [1.54, 1.807) is 29.2 Å². The van der Waals surface area contributed by atoms with Crippen molar-refractivity contribution in [2.24, 2.45) is 0 Å². The molecule has 1 aromatic heterocycles. The number of hydrogen-bond donors (Lipinski definition) is 2. The highest BCUT2D eigenvalue weighted by Crippen LogP contribution is 2.13. The molecule has 0 spiro atoms. The molecule has 0 unspecified atom stereocenters. The van der Waals surface area contributed by atoms with Crippen molar-refractivity contribution < 1.29 is 9.53 Å². The minimum Gasteiger partial charge on any atom is -0.494 e. The zero-order valence-corrected chi connectivity index (χ0v) is 12.1. The Morgan fingerprint density at radius 3 is 3.05 bits per heavy atom. The van der Waals surface area contributed by atoms with Gasteiger partial charge in [-0.05, 0) is 24.6 Å². The van der Waals surface area contributed by atoms with Crippen molar-refractivity contribution in [1.29, 1.82) is 0 Å². The number of ether oxygens (including phenoxy) is 1. The number of aromatic nitrogens is 2. The minimum atomic E-state index is -0.128. The summed E-state index contributed by atoms with van der Waals surface area (Å²) in [6.45, 7) is 3.75. The summed E-state index contributed by atoms with van der Waals surface area (Å²) >= 11 is 0. The summed E-state index contributed by atoms with van der Waals surface area (Å²) in [5.41, 5.74) is 6.77. The van der Waals surface area contributed by atoms with E-state index >= 15 is 0 Å². The Kier molecular flexibility index (Phi) is 5.20. The monoisotopic (exact) mass is 288 g/mol. The van der Waals surface area contributed by atoms with Gasteiger partial charge >= 0.3 is 0 Å². The van der Waals surface area contributed by atoms with Gasteiger partial charge in [0.15, 0.2) is 0 Å². The molecule has 3 N–H and O–H groups in total. The number of nitrogen functional groups attached to an aromatic ring is 1. The Labute approximate surface area is 123 Å². The van der Waals surface area contributed by atoms with Gasteiger partial charge in [0, 0.05) is 18.3 Å². The first-order valence-corrected chi connectivity index (χ1v) is 6.98. The second kappa shape index (κ2) is 7.33. The molecule has 112 valence electrons. The van der Waals surface area contributed by atoms with Crippen LogP contribution in [0.1, 0.15) is 23.7 Å². The van der Waals surface area contributed by atoms with Gasteiger partial charge in [0.2, 0.25) is 0 Å². The molecule has 0 aliphatic carbocycles. The molecule has 21 heavy (non-hydrogen) atoms. The summed E-state index contributed by atoms with van der Waals surface area (Å²) in [6, 6.07) is 7.17. The van der Waals surface area contributed by atoms with Gasteiger partial charge in [0.05, 0.1) is 25.0 Å². The molecule has 0 radical (unpaired) electrons. The number of nitrogens with zero attached hydrogens (tertiary/aromatic N) is 2. The molecule has 6 nitrogen and oxygen atoms in total. The zero-order valence-electron chi connectivity index (χ0n) is 12.1. The molecule has 2 rings (SSSR count). The normalized spacial score (nSPS) is 10.3. The van der Waals surface area contributed by atoms with E-state index in [2.05, 4.69) is 10.4 Å². The van der Waals surface area contributed by atoms with Gasteiger partial charge in [-0.2, -0.15) is 5.10 Å². The van der Waals surface area contributed by atoms with Crippen molar-refractivity contribution in [3.05, 3.63) is 42.2 Å². The molecular weight excluding hydrogens is 268 g/mol. The van der Waals surface area contributed by atoms with Gasteiger partial charge in [-0.1, -0.05) is 13.0 Å². The van der Waals surface area contributed by atoms with Crippen LogP contribution in [0.15, 0.2) is 36.7 Å². The van der Waals surface area contributed by atoms with E-state index in [0.717, 1.165) is 6.42 Å². The van der Waals surface area contributed by atoms with E-state index in [4.69, 9.17) is 10.5 Å². The lowest BCUT2D eigenvalue weighted by Gasteiger charge is -2.08. The molecule has 1 aromatic carbocycles. The first-order chi connectivity index (χ1) is 10.2. The highest BCUT2D eigenvalue weighted by atomic mass is 16.5. The number of amides is 1. The number of anilines is 1. The number of nitrogens with one attached hydrogen (secondary N) is 1. The molecule has 0 fully saturated rings. The Bertz CT molecular complexity index is 595. The van der Waals surface area contributed by atoms with Crippen LogP contribution < -0.4 is 15.8 Å². The van der Waals surface area contributed by atoms with Gasteiger partial charge in [-0.25, -0.2) is 0 Å². The standard InChI is InChI=1S/C15H20N4O2/c1-2-8-21-14-5-3-4-12(9-14)15(20)17-6-7-19-11-13(16)10-18-19/h3-5,9-11H,2,6-8,16H2,1H3,(H,17,20). The van der Waals surface area contributed by atoms with Crippen molar-refractivity contribution in [3.63, 3.8) is 0 Å². The van der Waals surface area contributed by atoms with E-state index in [9.17, 15) is 4.79 Å². The van der Waals surface area contributed by atoms with E-state index in [0.29, 0.717) is 36.7 Å². The van der Waals surface area contributed by atoms with Gasteiger partial charge < -0.3 is 15.8 Å². The zero-order chi connectivity index (χ0) is 15.1. The number of hydrogen-bond acceptors (Lipinski definition) is 4. The average molecular weight is 288 g/mol. The second-order valence-electron chi connectivity index (χ2n) is 4.67. The molecule has 0 atom stereocenters. The number of rotatable bonds is 7. The fourth-order valence-electron chi connectivity index (χ4n) is 1.83. The molecule has 1 amide bonds. The molecule has 0 saturated heterocycles. The Morgan fingerprint density at radius 2 is 2.33 bits per heavy atom. The van der Waals surface area contributed by atoms with E-state index in [-0.39, 0.29) is 5.91 Å². The molecule has 0 saturated carbocycles. The van der Waals surface area contributed by atoms with Crippen LogP contribution in [0, 0.1) is 0 Å². The Morgan fingerprint density at radius 1 is 1.48 bits per heavy atom. The maximum Gasteiger partial charge on any atom is 0.251 e. The van der Waals surface area contributed by atoms with Crippen LogP contribution in [0.3, 0.4) is 0 Å². The van der Waals surface area contributed by atoms with Crippen LogP contribution in [0.4, 0.5) is 5.69 Å². The highest BCUT2D eigenvalue weighted by Gasteiger charge is 2.06. The van der Waals surface area contributed by atoms with Crippen LogP contribution >= 0.6 is 0 Å². The molecule has 0 aliphatic heterocycles. The fourth-order valence-corrected chi connectivity index (χ4v) is 1.83. The topological polar surface area (TPSA) is 82.2 Å². The summed E-state index contributed by atoms with van der Waals surface area (Å²) in [4.78, 5) is 12.0. The summed E-state index contributed by atoms with van der Waals surface area (Å²) in [7, 11) is 0. The van der Waals surface area contributed by atoms with Crippen molar-refractivity contribution in [3.8, 4) is 5.75 Å². The first kappa shape index (κ1) is 14.9. The lowest BCUT2D eigenvalue weighted by Crippen LogP contribution is -2.27. The molecule has 0 aliphatic rings. The van der Waals surface area contributed by atoms with Crippen LogP contribution in [0.5, 0.6) is 5.75 Å². The third-order valence-corrected chi connectivity index (χ3v) is 2.85. The predicted molar refractivity (Wildman–Crippen MR) is 81.2 cm³/mol. The van der Waals surface area contributed by atoms with Crippen molar-refractivity contribution in [2.45, 2.75) is 19.9 Å². The molecule has 2 aromatic rings. The SMILES string of the molecule is CCCOc1cccc(C(=O)NCCn2cc(N)cn2)c1. The van der Waals surface area contributed by atoms with Gasteiger partial charge in [-0.3, -0.25) is 9.48 Å². The largest absolute Gasteiger partial charge is 0.494 e. The van der Waals surface area contributed by atoms with Crippen molar-refractivity contribution in [1.82, 2.24) is 15.1 Å². The molecular formula is C15H20N4O2. The lowest BCUT2D eigenvalue weighted by atomic mass is 10.2. The summed E-state index contributed by atoms with van der Waals surface area (Å²) in [5, 5.41) is 6.90. The van der Waals surface area contributed by atoms with E-state index in [1.807, 2.05) is 19.1 Å². The maximum atomic E-state index is 12.0. The molecule has 0 bridgehead atoms. The Balaban J connectivity index is 1.85. The van der Waals surface area contributed by atoms with Crippen LogP contribution in [0.2, 0.25) is 0 Å². The van der Waals surface area contributed by atoms with Gasteiger partial charge in [0.1, 0.15) is 5.75 Å². The van der Waals surface area contributed by atoms with E-state index < -0.39 is 0 Å². The average Bonchev–Trinajstić information content (AvgIpc) is 2.91. The summed E-state index contributed by atoms with van der Waals surface area (Å²) in [6.07, 6.45) is 4.24. The Hall–Kier alpha value is -2.50. The maximum absolute atomic E-state index is 12.0. The number of benzene rings is 1. The quantitative estimate of drug-likeness (QED) is 0.812. The number of carbonyl (C=O) groups is 1. The first-order valence-electron chi connectivity index (χ1n) is 6.98. The van der Waals surface area contributed by atoms with Crippen molar-refractivity contribution >= 4 is 11.6 Å². The minimum absolute atomic E-state index is 0.128. The second-order valence-corrected chi connectivity index (χ2v) is 4.67. The molecule has 6 heteroatoms. The highest BCUT2D eigenvalue weighted by molar-refractivity contribution is 5.94. The van der Waals surface area contributed by atoms with Crippen LogP contribution in [0.25, 0.3) is 0 Å². The number of carbonyl (C=O) groups excluding carboxylic acids is 1. The van der Waals surface area contributed by atoms with Crippen molar-refractivity contribution in [2.75, 3.05) is 18.9 Å². The number of nitrogens with two attached hydrogens (primary N) is 1. The summed E-state index contributed by atoms with van der Waals surface area (Å²) in [5.74, 6) is 0.585. The summed E-state index contributed by atoms with van der Waals surface area (Å²) < 4.78 is 7.21. The van der Waals surface area contributed by atoms with E-state index in [1.165, 1.54) is 0 Å². The predicted octanol–water partition coefficient (Wildman–Crippen LogP) is 1.68. The fraction of sp³-hybridized carbons (Fsp3) is 0.333. The van der Waals surface area contributed by atoms with Gasteiger partial charge in [-0.15, -0.1) is 0 Å². The smallest absolute Gasteiger partial charge is 0.251 e. The lowest BCUT2D eigenvalue weighted by molar-refractivity contribution is 0.0951. The molecule has 1 heterocycles. The van der Waals surface area contributed by atoms with Gasteiger partial charge in [0.25, 0.3) is 5.91 Å². The third kappa shape index (κ3) is 4.52. The third-order valence-electron chi connectivity index (χ3n) is 2.85. The van der Waals surface area contributed by atoms with Crippen LogP contribution in [-0.4, -0.2) is 28.8 Å².